The number of nitrogens with one attached hydrogen (secondary N) is 4. The van der Waals surface area contributed by atoms with Crippen LogP contribution in [-0.4, -0.2) is 48.6 Å². The van der Waals surface area contributed by atoms with Crippen LogP contribution >= 0.6 is 0 Å². The van der Waals surface area contributed by atoms with Crippen LogP contribution in [0.2, 0.25) is 0 Å². The Kier molecular flexibility index (Phi) is 6.25. The summed E-state index contributed by atoms with van der Waals surface area (Å²) in [6.45, 7) is 0. The van der Waals surface area contributed by atoms with Gasteiger partial charge in [-0.15, -0.1) is 5.10 Å². The molecule has 2 fully saturated rings. The fraction of sp³-hybridized carbons (Fsp3) is 0.346. The monoisotopic (exact) mass is 501 g/mol. The van der Waals surface area contributed by atoms with Gasteiger partial charge in [-0.25, -0.2) is 18.9 Å². The predicted octanol–water partition coefficient (Wildman–Crippen LogP) is 4.32. The summed E-state index contributed by atoms with van der Waals surface area (Å²) in [7, 11) is 0. The highest BCUT2D eigenvalue weighted by atomic mass is 19.1. The minimum Gasteiger partial charge on any atom is -0.379 e. The number of halogens is 1. The Morgan fingerprint density at radius 1 is 0.838 bits per heavy atom. The van der Waals surface area contributed by atoms with Gasteiger partial charge >= 0.3 is 0 Å². The van der Waals surface area contributed by atoms with Crippen molar-refractivity contribution in [3.63, 3.8) is 0 Å². The standard InChI is InChI=1S/C26H28FN9O/c27-19-14-28-12-10-20(19)34-26(37)22-15-30-25-21(31-16-4-5-16)13-24(35-36(22)25)33-18-8-6-17(7-9-18)32-23-3-1-2-11-29-23/h1-3,10-18,31H,4-9H2,(H,29,32)(H,33,35)(H,28,34,37)/t17-,18-. The zero-order valence-electron chi connectivity index (χ0n) is 20.2. The molecule has 4 heterocycles. The summed E-state index contributed by atoms with van der Waals surface area (Å²) in [6.07, 6.45) is 11.9. The average Bonchev–Trinajstić information content (AvgIpc) is 3.62. The van der Waals surface area contributed by atoms with Gasteiger partial charge in [-0.1, -0.05) is 6.07 Å². The Balaban J connectivity index is 1.19. The van der Waals surface area contributed by atoms with Gasteiger partial charge in [0.2, 0.25) is 0 Å². The lowest BCUT2D eigenvalue weighted by molar-refractivity contribution is 0.102. The van der Waals surface area contributed by atoms with Gasteiger partial charge in [0, 0.05) is 36.6 Å². The molecule has 4 N–H and O–H groups in total. The van der Waals surface area contributed by atoms with E-state index in [1.165, 1.54) is 23.0 Å². The van der Waals surface area contributed by atoms with E-state index in [-0.39, 0.29) is 17.4 Å². The van der Waals surface area contributed by atoms with E-state index >= 15 is 0 Å². The number of imidazole rings is 1. The third-order valence-corrected chi connectivity index (χ3v) is 6.75. The van der Waals surface area contributed by atoms with Crippen molar-refractivity contribution >= 4 is 34.6 Å². The first-order valence-corrected chi connectivity index (χ1v) is 12.6. The topological polar surface area (TPSA) is 121 Å². The first kappa shape index (κ1) is 23.1. The molecule has 1 amide bonds. The number of hydrogen-bond acceptors (Lipinski definition) is 8. The van der Waals surface area contributed by atoms with Crippen LogP contribution in [0.4, 0.5) is 27.4 Å². The summed E-state index contributed by atoms with van der Waals surface area (Å²) in [5, 5.41) is 17.9. The molecule has 0 atom stereocenters. The van der Waals surface area contributed by atoms with Crippen molar-refractivity contribution in [3.05, 3.63) is 66.6 Å². The van der Waals surface area contributed by atoms with E-state index in [4.69, 9.17) is 5.10 Å². The quantitative estimate of drug-likeness (QED) is 0.282. The molecule has 0 aromatic carbocycles. The number of carbonyl (C=O) groups excluding carboxylic acids is 1. The Bertz CT molecular complexity index is 1400. The molecule has 0 radical (unpaired) electrons. The van der Waals surface area contributed by atoms with Gasteiger partial charge in [0.15, 0.2) is 17.2 Å². The summed E-state index contributed by atoms with van der Waals surface area (Å²) < 4.78 is 15.6. The molecule has 0 saturated heterocycles. The maximum atomic E-state index is 14.1. The molecule has 2 aliphatic rings. The van der Waals surface area contributed by atoms with Crippen LogP contribution in [0, 0.1) is 5.82 Å². The van der Waals surface area contributed by atoms with Gasteiger partial charge < -0.3 is 21.3 Å². The molecule has 2 aliphatic carbocycles. The molecule has 4 aromatic rings. The van der Waals surface area contributed by atoms with Crippen molar-refractivity contribution in [2.45, 2.75) is 56.7 Å². The molecular formula is C26H28FN9O. The molecule has 0 bridgehead atoms. The maximum absolute atomic E-state index is 14.1. The second-order valence-corrected chi connectivity index (χ2v) is 9.60. The lowest BCUT2D eigenvalue weighted by Gasteiger charge is -2.30. The van der Waals surface area contributed by atoms with Gasteiger partial charge in [0.1, 0.15) is 11.6 Å². The average molecular weight is 502 g/mol. The van der Waals surface area contributed by atoms with Gasteiger partial charge in [-0.05, 0) is 56.7 Å². The van der Waals surface area contributed by atoms with Crippen LogP contribution in [0.5, 0.6) is 0 Å². The van der Waals surface area contributed by atoms with Crippen LogP contribution in [0.15, 0.2) is 55.1 Å². The highest BCUT2D eigenvalue weighted by Gasteiger charge is 2.26. The number of aromatic nitrogens is 5. The lowest BCUT2D eigenvalue weighted by Crippen LogP contribution is -2.33. The van der Waals surface area contributed by atoms with E-state index in [0.29, 0.717) is 23.5 Å². The third-order valence-electron chi connectivity index (χ3n) is 6.75. The van der Waals surface area contributed by atoms with Crippen molar-refractivity contribution in [2.24, 2.45) is 0 Å². The van der Waals surface area contributed by atoms with E-state index in [9.17, 15) is 9.18 Å². The summed E-state index contributed by atoms with van der Waals surface area (Å²) >= 11 is 0. The van der Waals surface area contributed by atoms with Gasteiger partial charge in [0.05, 0.1) is 23.8 Å². The molecular weight excluding hydrogens is 473 g/mol. The number of amides is 1. The second-order valence-electron chi connectivity index (χ2n) is 9.60. The molecule has 6 rings (SSSR count). The first-order valence-electron chi connectivity index (χ1n) is 12.6. The third kappa shape index (κ3) is 5.30. The lowest BCUT2D eigenvalue weighted by atomic mass is 9.91. The molecule has 0 spiro atoms. The Morgan fingerprint density at radius 2 is 1.57 bits per heavy atom. The smallest absolute Gasteiger partial charge is 0.276 e. The fourth-order valence-corrected chi connectivity index (χ4v) is 4.66. The predicted molar refractivity (Wildman–Crippen MR) is 139 cm³/mol. The maximum Gasteiger partial charge on any atom is 0.276 e. The number of carbonyl (C=O) groups is 1. The molecule has 2 saturated carbocycles. The number of nitrogens with zero attached hydrogens (tertiary/aromatic N) is 5. The number of hydrogen-bond donors (Lipinski definition) is 4. The molecule has 10 nitrogen and oxygen atoms in total. The number of fused-ring (bicyclic) bond motifs is 1. The molecule has 11 heteroatoms. The van der Waals surface area contributed by atoms with E-state index < -0.39 is 11.7 Å². The second kappa shape index (κ2) is 10.00. The summed E-state index contributed by atoms with van der Waals surface area (Å²) in [5.74, 6) is 0.461. The summed E-state index contributed by atoms with van der Waals surface area (Å²) in [6, 6.07) is 10.3. The zero-order valence-corrected chi connectivity index (χ0v) is 20.2. The Morgan fingerprint density at radius 3 is 2.27 bits per heavy atom. The molecule has 0 unspecified atom stereocenters. The fourth-order valence-electron chi connectivity index (χ4n) is 4.66. The van der Waals surface area contributed by atoms with Crippen molar-refractivity contribution in [3.8, 4) is 0 Å². The minimum absolute atomic E-state index is 0.0524. The van der Waals surface area contributed by atoms with Gasteiger partial charge in [-0.2, -0.15) is 0 Å². The van der Waals surface area contributed by atoms with E-state index in [1.54, 1.807) is 6.20 Å². The zero-order chi connectivity index (χ0) is 25.2. The number of pyridine rings is 2. The highest BCUT2D eigenvalue weighted by Crippen LogP contribution is 2.30. The van der Waals surface area contributed by atoms with Crippen LogP contribution in [-0.2, 0) is 0 Å². The first-order chi connectivity index (χ1) is 18.1. The van der Waals surface area contributed by atoms with Crippen LogP contribution in [0.1, 0.15) is 49.0 Å². The highest BCUT2D eigenvalue weighted by molar-refractivity contribution is 6.03. The van der Waals surface area contributed by atoms with Crippen molar-refractivity contribution < 1.29 is 9.18 Å². The Labute approximate surface area is 213 Å². The molecule has 0 aliphatic heterocycles. The van der Waals surface area contributed by atoms with Crippen LogP contribution in [0.25, 0.3) is 5.65 Å². The van der Waals surface area contributed by atoms with Crippen molar-refractivity contribution in [2.75, 3.05) is 21.3 Å². The van der Waals surface area contributed by atoms with E-state index in [2.05, 4.69) is 36.2 Å². The van der Waals surface area contributed by atoms with Gasteiger partial charge in [0.25, 0.3) is 5.91 Å². The van der Waals surface area contributed by atoms with Crippen molar-refractivity contribution in [1.82, 2.24) is 24.6 Å². The Hall–Kier alpha value is -4.28. The van der Waals surface area contributed by atoms with E-state index in [1.807, 2.05) is 24.3 Å². The molecule has 4 aromatic heterocycles. The van der Waals surface area contributed by atoms with Crippen LogP contribution in [0.3, 0.4) is 0 Å². The number of rotatable bonds is 8. The SMILES string of the molecule is O=C(Nc1ccncc1F)c1cnc2c(NC3CC3)cc(N[C@H]3CC[C@H](Nc4ccccn4)CC3)nn12. The summed E-state index contributed by atoms with van der Waals surface area (Å²) in [4.78, 5) is 25.6. The summed E-state index contributed by atoms with van der Waals surface area (Å²) in [5.41, 5.74) is 1.65. The van der Waals surface area contributed by atoms with Crippen LogP contribution < -0.4 is 21.3 Å². The largest absolute Gasteiger partial charge is 0.379 e. The van der Waals surface area contributed by atoms with Crippen molar-refractivity contribution in [1.29, 1.82) is 0 Å². The molecule has 37 heavy (non-hydrogen) atoms. The molecule has 190 valence electrons. The number of anilines is 4. The minimum atomic E-state index is -0.607. The van der Waals surface area contributed by atoms with E-state index in [0.717, 1.165) is 56.2 Å². The van der Waals surface area contributed by atoms with Gasteiger partial charge in [-0.3, -0.25) is 9.78 Å². The normalized spacial score (nSPS) is 19.4.